The predicted molar refractivity (Wildman–Crippen MR) is 86.3 cm³/mol. The molecule has 7 atom stereocenters. The third-order valence-electron chi connectivity index (χ3n) is 8.44. The van der Waals surface area contributed by atoms with Gasteiger partial charge in [0, 0.05) is 6.42 Å². The molecule has 0 N–H and O–H groups in total. The smallest absolute Gasteiger partial charge is 0.205 e. The molecule has 0 amide bonds. The van der Waals surface area contributed by atoms with Crippen molar-refractivity contribution in [2.75, 3.05) is 0 Å². The molecule has 4 saturated carbocycles. The van der Waals surface area contributed by atoms with Crippen molar-refractivity contribution < 1.29 is 8.78 Å². The van der Waals surface area contributed by atoms with Crippen LogP contribution in [-0.2, 0) is 0 Å². The van der Waals surface area contributed by atoms with Crippen LogP contribution in [0, 0.1) is 34.5 Å². The highest BCUT2D eigenvalue weighted by Crippen LogP contribution is 2.67. The van der Waals surface area contributed by atoms with E-state index in [1.54, 1.807) is 0 Å². The summed E-state index contributed by atoms with van der Waals surface area (Å²) in [6.07, 6.45) is 9.44. The van der Waals surface area contributed by atoms with E-state index in [2.05, 4.69) is 13.8 Å². The second-order valence-electron chi connectivity index (χ2n) is 9.38. The molecule has 4 aliphatic rings. The molecule has 0 nitrogen and oxygen atoms in total. The van der Waals surface area contributed by atoms with E-state index in [-0.39, 0.29) is 17.8 Å². The maximum absolute atomic E-state index is 14.1. The topological polar surface area (TPSA) is 0 Å². The Labute approximate surface area is 138 Å². The highest BCUT2D eigenvalue weighted by Gasteiger charge is 2.62. The van der Waals surface area contributed by atoms with Crippen molar-refractivity contribution in [2.45, 2.75) is 82.9 Å². The molecular formula is C19H29ClF2. The standard InChI is InChI=1S/C19H29ClF2/c1-17-8-3-4-14(17)13-6-5-12-10-19(21,22)16(20)11-18(12,2)15(13)7-9-17/h12-16H,3-11H2,1-2H3/t12-,13-,14-,15-,16?,17-,18-/m0/s1. The molecule has 0 aliphatic heterocycles. The van der Waals surface area contributed by atoms with Crippen LogP contribution in [-0.4, -0.2) is 11.3 Å². The van der Waals surface area contributed by atoms with Crippen LogP contribution in [0.15, 0.2) is 0 Å². The first-order valence-corrected chi connectivity index (χ1v) is 9.72. The average molecular weight is 331 g/mol. The lowest BCUT2D eigenvalue weighted by Crippen LogP contribution is -2.56. The van der Waals surface area contributed by atoms with Crippen molar-refractivity contribution in [1.29, 1.82) is 0 Å². The van der Waals surface area contributed by atoms with Crippen LogP contribution in [0.4, 0.5) is 8.78 Å². The number of halogens is 3. The molecule has 1 unspecified atom stereocenters. The van der Waals surface area contributed by atoms with Crippen molar-refractivity contribution in [3.8, 4) is 0 Å². The zero-order chi connectivity index (χ0) is 15.8. The Bertz CT molecular complexity index is 464. The summed E-state index contributed by atoms with van der Waals surface area (Å²) in [4.78, 5) is 0. The van der Waals surface area contributed by atoms with Crippen molar-refractivity contribution in [3.63, 3.8) is 0 Å². The van der Waals surface area contributed by atoms with Crippen LogP contribution in [0.1, 0.15) is 71.6 Å². The van der Waals surface area contributed by atoms with E-state index in [9.17, 15) is 8.78 Å². The zero-order valence-electron chi connectivity index (χ0n) is 13.9. The molecule has 0 aromatic heterocycles. The van der Waals surface area contributed by atoms with Crippen LogP contribution in [0.2, 0.25) is 0 Å². The van der Waals surface area contributed by atoms with Gasteiger partial charge in [0.15, 0.2) is 0 Å². The number of hydrogen-bond donors (Lipinski definition) is 0. The van der Waals surface area contributed by atoms with Gasteiger partial charge >= 0.3 is 0 Å². The second-order valence-corrected chi connectivity index (χ2v) is 9.91. The molecule has 4 fully saturated rings. The van der Waals surface area contributed by atoms with Gasteiger partial charge in [0.1, 0.15) is 0 Å². The number of hydrogen-bond acceptors (Lipinski definition) is 0. The van der Waals surface area contributed by atoms with Crippen LogP contribution < -0.4 is 0 Å². The van der Waals surface area contributed by atoms with Crippen molar-refractivity contribution >= 4 is 11.6 Å². The minimum absolute atomic E-state index is 0.0306. The maximum Gasteiger partial charge on any atom is 0.264 e. The molecule has 0 aromatic rings. The number of rotatable bonds is 0. The quantitative estimate of drug-likeness (QED) is 0.459. The largest absolute Gasteiger partial charge is 0.264 e. The summed E-state index contributed by atoms with van der Waals surface area (Å²) in [5.74, 6) is -0.211. The third kappa shape index (κ3) is 2.04. The molecule has 126 valence electrons. The molecular weight excluding hydrogens is 302 g/mol. The zero-order valence-corrected chi connectivity index (χ0v) is 14.6. The van der Waals surface area contributed by atoms with E-state index in [1.165, 1.54) is 38.5 Å². The molecule has 0 heterocycles. The molecule has 0 spiro atoms. The third-order valence-corrected chi connectivity index (χ3v) is 8.92. The van der Waals surface area contributed by atoms with Gasteiger partial charge in [0.25, 0.3) is 5.92 Å². The summed E-state index contributed by atoms with van der Waals surface area (Å²) in [6, 6.07) is 0. The van der Waals surface area contributed by atoms with E-state index < -0.39 is 11.3 Å². The normalized spacial score (nSPS) is 56.9. The fourth-order valence-corrected chi connectivity index (χ4v) is 7.59. The molecule has 3 heteroatoms. The van der Waals surface area contributed by atoms with Crippen LogP contribution in [0.5, 0.6) is 0 Å². The number of fused-ring (bicyclic) bond motifs is 5. The highest BCUT2D eigenvalue weighted by molar-refractivity contribution is 6.21. The average Bonchev–Trinajstić information content (AvgIpc) is 2.82. The lowest BCUT2D eigenvalue weighted by atomic mass is 9.45. The molecule has 22 heavy (non-hydrogen) atoms. The summed E-state index contributed by atoms with van der Waals surface area (Å²) < 4.78 is 28.2. The van der Waals surface area contributed by atoms with E-state index in [1.807, 2.05) is 0 Å². The lowest BCUT2D eigenvalue weighted by molar-refractivity contribution is -0.157. The monoisotopic (exact) mass is 330 g/mol. The minimum atomic E-state index is -2.66. The summed E-state index contributed by atoms with van der Waals surface area (Å²) >= 11 is 6.14. The van der Waals surface area contributed by atoms with E-state index in [4.69, 9.17) is 11.6 Å². The van der Waals surface area contributed by atoms with Gasteiger partial charge in [-0.05, 0) is 79.4 Å². The fraction of sp³-hybridized carbons (Fsp3) is 1.00. The first-order chi connectivity index (χ1) is 10.3. The molecule has 0 saturated heterocycles. The predicted octanol–water partition coefficient (Wildman–Crippen LogP) is 6.27. The second kappa shape index (κ2) is 4.83. The molecule has 4 aliphatic carbocycles. The minimum Gasteiger partial charge on any atom is -0.205 e. The summed E-state index contributed by atoms with van der Waals surface area (Å²) in [7, 11) is 0. The lowest BCUT2D eigenvalue weighted by Gasteiger charge is -2.61. The highest BCUT2D eigenvalue weighted by atomic mass is 35.5. The van der Waals surface area contributed by atoms with Crippen molar-refractivity contribution in [1.82, 2.24) is 0 Å². The molecule has 4 rings (SSSR count). The maximum atomic E-state index is 14.1. The summed E-state index contributed by atoms with van der Waals surface area (Å²) in [5.41, 5.74) is 0.601. The van der Waals surface area contributed by atoms with Gasteiger partial charge in [-0.25, -0.2) is 8.78 Å². The van der Waals surface area contributed by atoms with Gasteiger partial charge in [-0.15, -0.1) is 11.6 Å². The van der Waals surface area contributed by atoms with Gasteiger partial charge in [0.05, 0.1) is 5.38 Å². The SMILES string of the molecule is C[C@@]12CCC[C@H]1[C@@H]1CC[C@H]3CC(F)(F)C(Cl)C[C@]3(C)[C@H]1CC2. The van der Waals surface area contributed by atoms with E-state index >= 15 is 0 Å². The molecule has 0 radical (unpaired) electrons. The molecule has 0 aromatic carbocycles. The van der Waals surface area contributed by atoms with Crippen molar-refractivity contribution in [2.24, 2.45) is 34.5 Å². The Morgan fingerprint density at radius 3 is 2.45 bits per heavy atom. The van der Waals surface area contributed by atoms with Crippen LogP contribution in [0.3, 0.4) is 0 Å². The van der Waals surface area contributed by atoms with Gasteiger partial charge in [-0.1, -0.05) is 20.3 Å². The van der Waals surface area contributed by atoms with Crippen LogP contribution in [0.25, 0.3) is 0 Å². The summed E-state index contributed by atoms with van der Waals surface area (Å²) in [6.45, 7) is 4.80. The summed E-state index contributed by atoms with van der Waals surface area (Å²) in [5, 5.41) is -0.954. The van der Waals surface area contributed by atoms with Gasteiger partial charge in [-0.2, -0.15) is 0 Å². The molecule has 0 bridgehead atoms. The van der Waals surface area contributed by atoms with Crippen molar-refractivity contribution in [3.05, 3.63) is 0 Å². The Balaban J connectivity index is 1.64. The Morgan fingerprint density at radius 1 is 0.909 bits per heavy atom. The van der Waals surface area contributed by atoms with Crippen LogP contribution >= 0.6 is 11.6 Å². The number of alkyl halides is 3. The van der Waals surface area contributed by atoms with Gasteiger partial charge in [0.2, 0.25) is 0 Å². The Morgan fingerprint density at radius 2 is 1.68 bits per heavy atom. The van der Waals surface area contributed by atoms with E-state index in [0.29, 0.717) is 17.8 Å². The fourth-order valence-electron chi connectivity index (χ4n) is 7.17. The first-order valence-electron chi connectivity index (χ1n) is 9.28. The van der Waals surface area contributed by atoms with Gasteiger partial charge in [-0.3, -0.25) is 0 Å². The Kier molecular flexibility index (Phi) is 3.44. The van der Waals surface area contributed by atoms with E-state index in [0.717, 1.165) is 18.3 Å². The first kappa shape index (κ1) is 15.7. The van der Waals surface area contributed by atoms with Gasteiger partial charge < -0.3 is 0 Å². The Hall–Kier alpha value is 0.150.